The highest BCUT2D eigenvalue weighted by molar-refractivity contribution is 5.32. The Morgan fingerprint density at radius 1 is 1.38 bits per heavy atom. The van der Waals surface area contributed by atoms with Crippen molar-refractivity contribution in [2.45, 2.75) is 19.9 Å². The van der Waals surface area contributed by atoms with Crippen molar-refractivity contribution in [3.05, 3.63) is 35.4 Å². The van der Waals surface area contributed by atoms with Crippen LogP contribution in [0.1, 0.15) is 31.0 Å². The SMILES string of the molecule is CCNC(C)c1ccc(C#N)cc1. The smallest absolute Gasteiger partial charge is 0.0991 e. The number of nitrogens with one attached hydrogen (secondary N) is 1. The molecule has 0 radical (unpaired) electrons. The molecule has 0 amide bonds. The Bertz CT molecular complexity index is 295. The van der Waals surface area contributed by atoms with Crippen molar-refractivity contribution in [2.24, 2.45) is 0 Å². The molecule has 1 unspecified atom stereocenters. The zero-order chi connectivity index (χ0) is 9.68. The monoisotopic (exact) mass is 174 g/mol. The minimum absolute atomic E-state index is 0.359. The van der Waals surface area contributed by atoms with E-state index in [0.29, 0.717) is 11.6 Å². The summed E-state index contributed by atoms with van der Waals surface area (Å²) in [5.41, 5.74) is 1.94. The molecule has 0 aliphatic heterocycles. The Morgan fingerprint density at radius 3 is 2.46 bits per heavy atom. The van der Waals surface area contributed by atoms with E-state index in [0.717, 1.165) is 6.54 Å². The Balaban J connectivity index is 2.75. The molecule has 0 saturated heterocycles. The van der Waals surface area contributed by atoms with Gasteiger partial charge in [-0.15, -0.1) is 0 Å². The third-order valence-electron chi connectivity index (χ3n) is 2.05. The molecule has 0 heterocycles. The summed E-state index contributed by atoms with van der Waals surface area (Å²) in [6.45, 7) is 5.16. The molecule has 1 aromatic carbocycles. The molecule has 0 bridgehead atoms. The highest BCUT2D eigenvalue weighted by Gasteiger charge is 2.02. The number of nitrogens with zero attached hydrogens (tertiary/aromatic N) is 1. The summed E-state index contributed by atoms with van der Waals surface area (Å²) in [5, 5.41) is 11.9. The highest BCUT2D eigenvalue weighted by atomic mass is 14.9. The summed E-state index contributed by atoms with van der Waals surface area (Å²) in [4.78, 5) is 0. The van der Waals surface area contributed by atoms with Gasteiger partial charge in [0.15, 0.2) is 0 Å². The predicted octanol–water partition coefficient (Wildman–Crippen LogP) is 2.23. The normalized spacial score (nSPS) is 12.1. The van der Waals surface area contributed by atoms with E-state index < -0.39 is 0 Å². The van der Waals surface area contributed by atoms with E-state index in [4.69, 9.17) is 5.26 Å². The van der Waals surface area contributed by atoms with Crippen LogP contribution in [0, 0.1) is 11.3 Å². The quantitative estimate of drug-likeness (QED) is 0.762. The fraction of sp³-hybridized carbons (Fsp3) is 0.364. The molecule has 1 rings (SSSR count). The van der Waals surface area contributed by atoms with Crippen LogP contribution in [-0.2, 0) is 0 Å². The molecular weight excluding hydrogens is 160 g/mol. The van der Waals surface area contributed by atoms with Crippen molar-refractivity contribution in [1.82, 2.24) is 5.32 Å². The van der Waals surface area contributed by atoms with Crippen LogP contribution in [0.15, 0.2) is 24.3 Å². The van der Waals surface area contributed by atoms with Gasteiger partial charge >= 0.3 is 0 Å². The van der Waals surface area contributed by atoms with Crippen molar-refractivity contribution in [3.8, 4) is 6.07 Å². The number of hydrogen-bond donors (Lipinski definition) is 1. The third kappa shape index (κ3) is 2.57. The number of hydrogen-bond acceptors (Lipinski definition) is 2. The molecule has 0 fully saturated rings. The first-order valence-corrected chi connectivity index (χ1v) is 4.51. The summed E-state index contributed by atoms with van der Waals surface area (Å²) < 4.78 is 0. The van der Waals surface area contributed by atoms with Gasteiger partial charge < -0.3 is 5.32 Å². The molecular formula is C11H14N2. The number of nitriles is 1. The van der Waals surface area contributed by atoms with Crippen LogP contribution >= 0.6 is 0 Å². The van der Waals surface area contributed by atoms with Gasteiger partial charge in [0, 0.05) is 6.04 Å². The first-order chi connectivity index (χ1) is 6.27. The maximum Gasteiger partial charge on any atom is 0.0991 e. The van der Waals surface area contributed by atoms with Crippen LogP contribution in [0.2, 0.25) is 0 Å². The molecule has 2 heteroatoms. The van der Waals surface area contributed by atoms with Crippen molar-refractivity contribution in [3.63, 3.8) is 0 Å². The number of rotatable bonds is 3. The summed E-state index contributed by atoms with van der Waals surface area (Å²) in [5.74, 6) is 0. The van der Waals surface area contributed by atoms with Gasteiger partial charge in [0.2, 0.25) is 0 Å². The maximum absolute atomic E-state index is 8.60. The van der Waals surface area contributed by atoms with Crippen LogP contribution in [-0.4, -0.2) is 6.54 Å². The second-order valence-electron chi connectivity index (χ2n) is 3.01. The lowest BCUT2D eigenvalue weighted by molar-refractivity contribution is 0.598. The zero-order valence-corrected chi connectivity index (χ0v) is 8.04. The molecule has 0 aromatic heterocycles. The van der Waals surface area contributed by atoms with Crippen molar-refractivity contribution in [1.29, 1.82) is 5.26 Å². The molecule has 0 aliphatic rings. The van der Waals surface area contributed by atoms with Gasteiger partial charge in [0.1, 0.15) is 0 Å². The average molecular weight is 174 g/mol. The van der Waals surface area contributed by atoms with Crippen LogP contribution in [0.3, 0.4) is 0 Å². The highest BCUT2D eigenvalue weighted by Crippen LogP contribution is 2.12. The van der Waals surface area contributed by atoms with Crippen LogP contribution in [0.5, 0.6) is 0 Å². The third-order valence-corrected chi connectivity index (χ3v) is 2.05. The molecule has 1 aromatic rings. The molecule has 2 nitrogen and oxygen atoms in total. The molecule has 1 atom stereocenters. The van der Waals surface area contributed by atoms with Crippen molar-refractivity contribution in [2.75, 3.05) is 6.54 Å². The van der Waals surface area contributed by atoms with E-state index in [9.17, 15) is 0 Å². The van der Waals surface area contributed by atoms with E-state index in [1.807, 2.05) is 24.3 Å². The van der Waals surface area contributed by atoms with Gasteiger partial charge in [-0.2, -0.15) is 5.26 Å². The zero-order valence-electron chi connectivity index (χ0n) is 8.04. The summed E-state index contributed by atoms with van der Waals surface area (Å²) in [6.07, 6.45) is 0. The molecule has 0 saturated carbocycles. The maximum atomic E-state index is 8.60. The Morgan fingerprint density at radius 2 is 2.00 bits per heavy atom. The largest absolute Gasteiger partial charge is 0.310 e. The number of benzene rings is 1. The van der Waals surface area contributed by atoms with Crippen molar-refractivity contribution >= 4 is 0 Å². The van der Waals surface area contributed by atoms with E-state index >= 15 is 0 Å². The minimum atomic E-state index is 0.359. The van der Waals surface area contributed by atoms with E-state index in [-0.39, 0.29) is 0 Å². The Hall–Kier alpha value is -1.33. The lowest BCUT2D eigenvalue weighted by Crippen LogP contribution is -2.17. The summed E-state index contributed by atoms with van der Waals surface area (Å²) in [6, 6.07) is 10.1. The summed E-state index contributed by atoms with van der Waals surface area (Å²) in [7, 11) is 0. The molecule has 0 aliphatic carbocycles. The Kier molecular flexibility index (Phi) is 3.48. The van der Waals surface area contributed by atoms with Gasteiger partial charge in [-0.25, -0.2) is 0 Å². The lowest BCUT2D eigenvalue weighted by Gasteiger charge is -2.11. The van der Waals surface area contributed by atoms with Gasteiger partial charge in [-0.3, -0.25) is 0 Å². The van der Waals surface area contributed by atoms with E-state index in [1.165, 1.54) is 5.56 Å². The van der Waals surface area contributed by atoms with E-state index in [1.54, 1.807) is 0 Å². The fourth-order valence-electron chi connectivity index (χ4n) is 1.27. The van der Waals surface area contributed by atoms with E-state index in [2.05, 4.69) is 25.2 Å². The molecule has 0 spiro atoms. The van der Waals surface area contributed by atoms with Gasteiger partial charge in [-0.05, 0) is 31.2 Å². The second kappa shape index (κ2) is 4.64. The summed E-state index contributed by atoms with van der Waals surface area (Å²) >= 11 is 0. The van der Waals surface area contributed by atoms with Gasteiger partial charge in [0.25, 0.3) is 0 Å². The standard InChI is InChI=1S/C11H14N2/c1-3-13-9(2)11-6-4-10(8-12)5-7-11/h4-7,9,13H,3H2,1-2H3. The first-order valence-electron chi connectivity index (χ1n) is 4.51. The van der Waals surface area contributed by atoms with Gasteiger partial charge in [0.05, 0.1) is 11.6 Å². The first kappa shape index (κ1) is 9.76. The second-order valence-corrected chi connectivity index (χ2v) is 3.01. The molecule has 68 valence electrons. The van der Waals surface area contributed by atoms with Crippen LogP contribution < -0.4 is 5.32 Å². The predicted molar refractivity (Wildman–Crippen MR) is 53.2 cm³/mol. The van der Waals surface area contributed by atoms with Crippen LogP contribution in [0.25, 0.3) is 0 Å². The average Bonchev–Trinajstić information content (AvgIpc) is 2.18. The fourth-order valence-corrected chi connectivity index (χ4v) is 1.27. The molecule has 13 heavy (non-hydrogen) atoms. The molecule has 1 N–H and O–H groups in total. The lowest BCUT2D eigenvalue weighted by atomic mass is 10.1. The Labute approximate surface area is 79.2 Å². The van der Waals surface area contributed by atoms with Crippen molar-refractivity contribution < 1.29 is 0 Å². The van der Waals surface area contributed by atoms with Crippen LogP contribution in [0.4, 0.5) is 0 Å². The minimum Gasteiger partial charge on any atom is -0.310 e. The van der Waals surface area contributed by atoms with Gasteiger partial charge in [-0.1, -0.05) is 19.1 Å². The topological polar surface area (TPSA) is 35.8 Å².